The van der Waals surface area contributed by atoms with Crippen LogP contribution in [0.1, 0.15) is 18.1 Å². The predicted octanol–water partition coefficient (Wildman–Crippen LogP) is 3.20. The Labute approximate surface area is 102 Å². The molecule has 2 rings (SSSR count). The maximum atomic E-state index is 7.45. The highest BCUT2D eigenvalue weighted by Crippen LogP contribution is 2.21. The standard InChI is InChI=1S/C15H16N2/c1-2-11-5-3-6-12(9-11)13-7-4-8-14(10-13)15(16)17/h3-10H,2H2,1H3,(H3,16,17). The molecule has 3 N–H and O–H groups in total. The van der Waals surface area contributed by atoms with Crippen molar-refractivity contribution >= 4 is 5.84 Å². The van der Waals surface area contributed by atoms with E-state index in [2.05, 4.69) is 31.2 Å². The van der Waals surface area contributed by atoms with E-state index < -0.39 is 0 Å². The van der Waals surface area contributed by atoms with Gasteiger partial charge in [0, 0.05) is 5.56 Å². The van der Waals surface area contributed by atoms with Gasteiger partial charge >= 0.3 is 0 Å². The second kappa shape index (κ2) is 4.83. The third-order valence-electron chi connectivity index (χ3n) is 2.84. The maximum Gasteiger partial charge on any atom is 0.122 e. The second-order valence-corrected chi connectivity index (χ2v) is 4.05. The van der Waals surface area contributed by atoms with Gasteiger partial charge in [-0.3, -0.25) is 5.41 Å². The molecule has 2 nitrogen and oxygen atoms in total. The van der Waals surface area contributed by atoms with Gasteiger partial charge in [-0.2, -0.15) is 0 Å². The second-order valence-electron chi connectivity index (χ2n) is 4.05. The van der Waals surface area contributed by atoms with Crippen LogP contribution in [0.15, 0.2) is 48.5 Å². The number of benzene rings is 2. The van der Waals surface area contributed by atoms with Crippen molar-refractivity contribution < 1.29 is 0 Å². The Morgan fingerprint density at radius 2 is 1.71 bits per heavy atom. The fourth-order valence-electron chi connectivity index (χ4n) is 1.84. The summed E-state index contributed by atoms with van der Waals surface area (Å²) < 4.78 is 0. The molecule has 86 valence electrons. The summed E-state index contributed by atoms with van der Waals surface area (Å²) in [5.41, 5.74) is 9.86. The number of hydrogen-bond donors (Lipinski definition) is 2. The minimum absolute atomic E-state index is 0.110. The Morgan fingerprint density at radius 3 is 2.35 bits per heavy atom. The first kappa shape index (κ1) is 11.4. The van der Waals surface area contributed by atoms with Crippen LogP contribution in [-0.4, -0.2) is 5.84 Å². The summed E-state index contributed by atoms with van der Waals surface area (Å²) in [5, 5.41) is 7.45. The van der Waals surface area contributed by atoms with Gasteiger partial charge in [0.25, 0.3) is 0 Å². The highest BCUT2D eigenvalue weighted by molar-refractivity contribution is 5.96. The van der Waals surface area contributed by atoms with E-state index in [4.69, 9.17) is 11.1 Å². The summed E-state index contributed by atoms with van der Waals surface area (Å²) in [4.78, 5) is 0. The third kappa shape index (κ3) is 2.53. The summed E-state index contributed by atoms with van der Waals surface area (Å²) >= 11 is 0. The number of amidine groups is 1. The van der Waals surface area contributed by atoms with Crippen LogP contribution in [0, 0.1) is 5.41 Å². The summed E-state index contributed by atoms with van der Waals surface area (Å²) in [5.74, 6) is 0.110. The lowest BCUT2D eigenvalue weighted by Crippen LogP contribution is -2.10. The molecule has 0 atom stereocenters. The van der Waals surface area contributed by atoms with Gasteiger partial charge in [0.1, 0.15) is 5.84 Å². The van der Waals surface area contributed by atoms with E-state index in [1.54, 1.807) is 0 Å². The lowest BCUT2D eigenvalue weighted by Gasteiger charge is -2.06. The van der Waals surface area contributed by atoms with E-state index in [1.807, 2.05) is 24.3 Å². The molecule has 2 heteroatoms. The van der Waals surface area contributed by atoms with Crippen LogP contribution in [0.3, 0.4) is 0 Å². The van der Waals surface area contributed by atoms with Gasteiger partial charge in [-0.1, -0.05) is 49.4 Å². The molecule has 0 aromatic heterocycles. The quantitative estimate of drug-likeness (QED) is 0.610. The Morgan fingerprint density at radius 1 is 1.06 bits per heavy atom. The lowest BCUT2D eigenvalue weighted by atomic mass is 10.00. The van der Waals surface area contributed by atoms with Gasteiger partial charge in [-0.15, -0.1) is 0 Å². The van der Waals surface area contributed by atoms with Crippen LogP contribution in [-0.2, 0) is 6.42 Å². The van der Waals surface area contributed by atoms with E-state index in [0.717, 1.165) is 17.5 Å². The average Bonchev–Trinajstić information content (AvgIpc) is 2.39. The van der Waals surface area contributed by atoms with Crippen molar-refractivity contribution in [2.45, 2.75) is 13.3 Å². The van der Waals surface area contributed by atoms with Crippen molar-refractivity contribution in [2.75, 3.05) is 0 Å². The molecule has 0 amide bonds. The molecular formula is C15H16N2. The predicted molar refractivity (Wildman–Crippen MR) is 72.3 cm³/mol. The smallest absolute Gasteiger partial charge is 0.122 e. The fourth-order valence-corrected chi connectivity index (χ4v) is 1.84. The summed E-state index contributed by atoms with van der Waals surface area (Å²) in [7, 11) is 0. The Kier molecular flexibility index (Phi) is 3.24. The number of aryl methyl sites for hydroxylation is 1. The Hall–Kier alpha value is -2.09. The van der Waals surface area contributed by atoms with Crippen molar-refractivity contribution in [3.8, 4) is 11.1 Å². The molecule has 0 heterocycles. The minimum Gasteiger partial charge on any atom is -0.384 e. The van der Waals surface area contributed by atoms with E-state index in [9.17, 15) is 0 Å². The summed E-state index contributed by atoms with van der Waals surface area (Å²) in [6, 6.07) is 16.2. The normalized spacial score (nSPS) is 10.2. The fraction of sp³-hybridized carbons (Fsp3) is 0.133. The molecule has 0 radical (unpaired) electrons. The number of hydrogen-bond acceptors (Lipinski definition) is 1. The van der Waals surface area contributed by atoms with Crippen molar-refractivity contribution in [3.63, 3.8) is 0 Å². The summed E-state index contributed by atoms with van der Waals surface area (Å²) in [6.07, 6.45) is 1.03. The van der Waals surface area contributed by atoms with Gasteiger partial charge < -0.3 is 5.73 Å². The van der Waals surface area contributed by atoms with E-state index in [0.29, 0.717) is 0 Å². The molecule has 17 heavy (non-hydrogen) atoms. The molecule has 2 aromatic carbocycles. The first-order valence-electron chi connectivity index (χ1n) is 5.74. The van der Waals surface area contributed by atoms with Gasteiger partial charge in [0.05, 0.1) is 0 Å². The van der Waals surface area contributed by atoms with Gasteiger partial charge in [0.2, 0.25) is 0 Å². The van der Waals surface area contributed by atoms with Crippen LogP contribution < -0.4 is 5.73 Å². The zero-order valence-electron chi connectivity index (χ0n) is 9.90. The molecule has 0 fully saturated rings. The van der Waals surface area contributed by atoms with Crippen molar-refractivity contribution in [1.29, 1.82) is 5.41 Å². The molecule has 0 saturated heterocycles. The largest absolute Gasteiger partial charge is 0.384 e. The number of rotatable bonds is 3. The van der Waals surface area contributed by atoms with Crippen molar-refractivity contribution in [3.05, 3.63) is 59.7 Å². The molecule has 0 unspecified atom stereocenters. The first-order chi connectivity index (χ1) is 8.20. The van der Waals surface area contributed by atoms with Gasteiger partial charge in [0.15, 0.2) is 0 Å². The number of nitrogens with one attached hydrogen (secondary N) is 1. The first-order valence-corrected chi connectivity index (χ1v) is 5.74. The van der Waals surface area contributed by atoms with Crippen LogP contribution in [0.25, 0.3) is 11.1 Å². The van der Waals surface area contributed by atoms with Crippen molar-refractivity contribution in [2.24, 2.45) is 5.73 Å². The van der Waals surface area contributed by atoms with Crippen molar-refractivity contribution in [1.82, 2.24) is 0 Å². The number of nitrogen functional groups attached to an aromatic ring is 1. The van der Waals surface area contributed by atoms with Crippen LogP contribution >= 0.6 is 0 Å². The molecule has 0 aliphatic carbocycles. The third-order valence-corrected chi connectivity index (χ3v) is 2.84. The van der Waals surface area contributed by atoms with E-state index >= 15 is 0 Å². The molecule has 0 aliphatic heterocycles. The van der Waals surface area contributed by atoms with Crippen LogP contribution in [0.2, 0.25) is 0 Å². The molecule has 0 saturated carbocycles. The van der Waals surface area contributed by atoms with E-state index in [1.165, 1.54) is 11.1 Å². The highest BCUT2D eigenvalue weighted by Gasteiger charge is 2.01. The Bertz CT molecular complexity index is 544. The molecule has 2 aromatic rings. The molecule has 0 aliphatic rings. The molecule has 0 bridgehead atoms. The number of nitrogens with two attached hydrogens (primary N) is 1. The summed E-state index contributed by atoms with van der Waals surface area (Å²) in [6.45, 7) is 2.14. The zero-order chi connectivity index (χ0) is 12.3. The molecule has 0 spiro atoms. The van der Waals surface area contributed by atoms with Gasteiger partial charge in [-0.05, 0) is 29.2 Å². The van der Waals surface area contributed by atoms with E-state index in [-0.39, 0.29) is 5.84 Å². The maximum absolute atomic E-state index is 7.45. The van der Waals surface area contributed by atoms with Crippen LogP contribution in [0.4, 0.5) is 0 Å². The Balaban J connectivity index is 2.45. The minimum atomic E-state index is 0.110. The average molecular weight is 224 g/mol. The zero-order valence-corrected chi connectivity index (χ0v) is 9.90. The topological polar surface area (TPSA) is 49.9 Å². The lowest BCUT2D eigenvalue weighted by molar-refractivity contribution is 1.14. The van der Waals surface area contributed by atoms with Gasteiger partial charge in [-0.25, -0.2) is 0 Å². The monoisotopic (exact) mass is 224 g/mol. The highest BCUT2D eigenvalue weighted by atomic mass is 14.7. The SMILES string of the molecule is CCc1cccc(-c2cccc(C(=N)N)c2)c1. The van der Waals surface area contributed by atoms with Crippen LogP contribution in [0.5, 0.6) is 0 Å². The molecular weight excluding hydrogens is 208 g/mol.